The Hall–Kier alpha value is -3.67. The molecule has 0 saturated heterocycles. The first-order chi connectivity index (χ1) is 16.4. The number of hydrogen-bond donors (Lipinski definition) is 5. The van der Waals surface area contributed by atoms with Crippen LogP contribution in [0.4, 0.5) is 11.6 Å². The molecule has 0 aliphatic carbocycles. The highest BCUT2D eigenvalue weighted by atomic mass is 32.2. The molecule has 0 radical (unpaired) electrons. The average molecular weight is 485 g/mol. The summed E-state index contributed by atoms with van der Waals surface area (Å²) in [6.45, 7) is 2.86. The molecule has 1 atom stereocenters. The molecule has 0 aliphatic rings. The van der Waals surface area contributed by atoms with Gasteiger partial charge in [-0.3, -0.25) is 19.4 Å². The third-order valence-electron chi connectivity index (χ3n) is 4.92. The van der Waals surface area contributed by atoms with Crippen LogP contribution in [0.5, 0.6) is 0 Å². The summed E-state index contributed by atoms with van der Waals surface area (Å²) in [6.07, 6.45) is 4.44. The molecule has 2 aromatic heterocycles. The summed E-state index contributed by atoms with van der Waals surface area (Å²) in [7, 11) is 0. The third kappa shape index (κ3) is 7.17. The molecule has 2 amide bonds. The van der Waals surface area contributed by atoms with Crippen LogP contribution in [-0.2, 0) is 11.3 Å². The summed E-state index contributed by atoms with van der Waals surface area (Å²) >= 11 is 1.68. The van der Waals surface area contributed by atoms with E-state index in [0.717, 1.165) is 11.4 Å². The van der Waals surface area contributed by atoms with Crippen molar-refractivity contribution in [2.45, 2.75) is 32.4 Å². The molecule has 11 nitrogen and oxygen atoms in total. The van der Waals surface area contributed by atoms with Crippen LogP contribution in [0, 0.1) is 0 Å². The Morgan fingerprint density at radius 2 is 1.97 bits per heavy atom. The quantitative estimate of drug-likeness (QED) is 0.252. The number of carbonyl (C=O) groups is 2. The number of nitrogens with one attached hydrogen (secondary N) is 4. The second kappa shape index (κ2) is 12.0. The van der Waals surface area contributed by atoms with Gasteiger partial charge >= 0.3 is 0 Å². The van der Waals surface area contributed by atoms with Crippen molar-refractivity contribution in [1.82, 2.24) is 30.6 Å². The van der Waals surface area contributed by atoms with Gasteiger partial charge < -0.3 is 21.7 Å². The summed E-state index contributed by atoms with van der Waals surface area (Å²) in [5.74, 6) is 0.661. The number of H-pyrrole nitrogens is 1. The van der Waals surface area contributed by atoms with E-state index in [0.29, 0.717) is 37.2 Å². The largest absolute Gasteiger partial charge is 0.379 e. The van der Waals surface area contributed by atoms with E-state index in [1.54, 1.807) is 36.0 Å². The highest BCUT2D eigenvalue weighted by Gasteiger charge is 2.12. The van der Waals surface area contributed by atoms with Crippen molar-refractivity contribution in [1.29, 1.82) is 0 Å². The number of amides is 2. The summed E-state index contributed by atoms with van der Waals surface area (Å²) in [5.41, 5.74) is 7.22. The fourth-order valence-electron chi connectivity index (χ4n) is 3.10. The summed E-state index contributed by atoms with van der Waals surface area (Å²) in [6, 6.07) is 6.85. The molecule has 3 aromatic rings. The number of rotatable bonds is 11. The number of anilines is 2. The number of carbonyl (C=O) groups excluding carboxylic acids is 2. The molecule has 0 fully saturated rings. The van der Waals surface area contributed by atoms with Crippen molar-refractivity contribution >= 4 is 46.4 Å². The van der Waals surface area contributed by atoms with Gasteiger partial charge in [0, 0.05) is 36.0 Å². The molecular weight excluding hydrogens is 456 g/mol. The highest BCUT2D eigenvalue weighted by molar-refractivity contribution is 7.98. The Labute approximate surface area is 200 Å². The molecule has 1 unspecified atom stereocenters. The normalized spacial score (nSPS) is 11.7. The maximum atomic E-state index is 12.5. The van der Waals surface area contributed by atoms with E-state index in [1.165, 1.54) is 6.20 Å². The van der Waals surface area contributed by atoms with Crippen LogP contribution in [0.15, 0.2) is 35.3 Å². The minimum atomic E-state index is -0.447. The fourth-order valence-corrected chi connectivity index (χ4v) is 3.40. The maximum Gasteiger partial charge on any atom is 0.280 e. The van der Waals surface area contributed by atoms with Gasteiger partial charge in [0.2, 0.25) is 11.9 Å². The number of benzene rings is 1. The topological polar surface area (TPSA) is 168 Å². The van der Waals surface area contributed by atoms with Gasteiger partial charge in [-0.25, -0.2) is 9.97 Å². The Morgan fingerprint density at radius 1 is 1.21 bits per heavy atom. The van der Waals surface area contributed by atoms with Crippen molar-refractivity contribution in [2.75, 3.05) is 29.6 Å². The Bertz CT molecular complexity index is 1200. The summed E-state index contributed by atoms with van der Waals surface area (Å²) in [4.78, 5) is 51.0. The number of aromatic nitrogens is 4. The van der Waals surface area contributed by atoms with Gasteiger partial charge in [-0.15, -0.1) is 0 Å². The van der Waals surface area contributed by atoms with Crippen LogP contribution in [0.2, 0.25) is 0 Å². The molecule has 6 N–H and O–H groups in total. The minimum Gasteiger partial charge on any atom is -0.379 e. The average Bonchev–Trinajstić information content (AvgIpc) is 2.82. The van der Waals surface area contributed by atoms with Crippen molar-refractivity contribution in [3.8, 4) is 0 Å². The zero-order valence-corrected chi connectivity index (χ0v) is 19.9. The van der Waals surface area contributed by atoms with Crippen LogP contribution in [0.25, 0.3) is 11.2 Å². The minimum absolute atomic E-state index is 0.00770. The molecular formula is C22H28N8O3S. The lowest BCUT2D eigenvalue weighted by atomic mass is 10.1. The van der Waals surface area contributed by atoms with Crippen molar-refractivity contribution < 1.29 is 9.59 Å². The first-order valence-electron chi connectivity index (χ1n) is 10.8. The molecule has 3 rings (SSSR count). The number of hydrogen-bond acceptors (Lipinski definition) is 9. The van der Waals surface area contributed by atoms with Gasteiger partial charge in [0.25, 0.3) is 11.5 Å². The second-order valence-electron chi connectivity index (χ2n) is 7.67. The third-order valence-corrected chi connectivity index (χ3v) is 5.53. The van der Waals surface area contributed by atoms with Crippen LogP contribution in [0.3, 0.4) is 0 Å². The Balaban J connectivity index is 1.49. The van der Waals surface area contributed by atoms with Crippen LogP contribution in [-0.4, -0.2) is 56.3 Å². The lowest BCUT2D eigenvalue weighted by molar-refractivity contribution is -0.121. The molecule has 0 spiro atoms. The smallest absolute Gasteiger partial charge is 0.280 e. The zero-order chi connectivity index (χ0) is 24.5. The standard InChI is InChI=1S/C22H28N8O3S/c1-13(3-8-17(31)24-9-10-34-2)27-20(32)14-4-6-15(7-5-14)25-11-16-12-26-19-18(28-16)21(33)30-22(23)29-19/h4-7,12-13,25H,3,8-11H2,1-2H3,(H,24,31)(H,27,32)(H3,23,26,29,30,33). The number of aromatic amines is 1. The number of nitrogens with two attached hydrogens (primary N) is 1. The number of fused-ring (bicyclic) bond motifs is 1. The number of nitrogens with zero attached hydrogens (tertiary/aromatic N) is 3. The highest BCUT2D eigenvalue weighted by Crippen LogP contribution is 2.12. The summed E-state index contributed by atoms with van der Waals surface area (Å²) < 4.78 is 0. The summed E-state index contributed by atoms with van der Waals surface area (Å²) in [5, 5.41) is 8.95. The second-order valence-corrected chi connectivity index (χ2v) is 8.66. The molecule has 2 heterocycles. The maximum absolute atomic E-state index is 12.5. The van der Waals surface area contributed by atoms with Gasteiger partial charge in [-0.1, -0.05) is 0 Å². The number of thioether (sulfide) groups is 1. The number of nitrogen functional groups attached to an aromatic ring is 1. The first kappa shape index (κ1) is 25.0. The molecule has 12 heteroatoms. The van der Waals surface area contributed by atoms with Gasteiger partial charge in [0.15, 0.2) is 11.2 Å². The first-order valence-corrected chi connectivity index (χ1v) is 12.2. The van der Waals surface area contributed by atoms with Crippen molar-refractivity contribution in [3.63, 3.8) is 0 Å². The molecule has 0 saturated carbocycles. The Kier molecular flexibility index (Phi) is 8.79. The van der Waals surface area contributed by atoms with Gasteiger partial charge in [0.1, 0.15) is 0 Å². The predicted molar refractivity (Wildman–Crippen MR) is 134 cm³/mol. The van der Waals surface area contributed by atoms with Gasteiger partial charge in [-0.2, -0.15) is 16.7 Å². The van der Waals surface area contributed by atoms with E-state index in [1.807, 2.05) is 13.2 Å². The van der Waals surface area contributed by atoms with E-state index >= 15 is 0 Å². The van der Waals surface area contributed by atoms with E-state index in [2.05, 4.69) is 35.9 Å². The van der Waals surface area contributed by atoms with Gasteiger partial charge in [0.05, 0.1) is 18.4 Å². The lowest BCUT2D eigenvalue weighted by Crippen LogP contribution is -2.34. The SMILES string of the molecule is CSCCNC(=O)CCC(C)NC(=O)c1ccc(NCc2cnc3nc(N)[nH]c(=O)c3n2)cc1. The molecule has 0 aliphatic heterocycles. The van der Waals surface area contributed by atoms with E-state index < -0.39 is 5.56 Å². The van der Waals surface area contributed by atoms with Crippen molar-refractivity contribution in [3.05, 3.63) is 52.1 Å². The van der Waals surface area contributed by atoms with Crippen molar-refractivity contribution in [2.24, 2.45) is 0 Å². The van der Waals surface area contributed by atoms with E-state index in [-0.39, 0.29) is 35.0 Å². The van der Waals surface area contributed by atoms with Crippen LogP contribution in [0.1, 0.15) is 35.8 Å². The Morgan fingerprint density at radius 3 is 2.71 bits per heavy atom. The fraction of sp³-hybridized carbons (Fsp3) is 0.364. The van der Waals surface area contributed by atoms with Crippen LogP contribution < -0.4 is 27.2 Å². The zero-order valence-electron chi connectivity index (χ0n) is 19.1. The van der Waals surface area contributed by atoms with E-state index in [4.69, 9.17) is 5.73 Å². The lowest BCUT2D eigenvalue weighted by Gasteiger charge is -2.14. The monoisotopic (exact) mass is 484 g/mol. The molecule has 180 valence electrons. The van der Waals surface area contributed by atoms with E-state index in [9.17, 15) is 14.4 Å². The molecule has 34 heavy (non-hydrogen) atoms. The molecule has 1 aromatic carbocycles. The van der Waals surface area contributed by atoms with Crippen LogP contribution >= 0.6 is 11.8 Å². The predicted octanol–water partition coefficient (Wildman–Crippen LogP) is 1.29. The van der Waals surface area contributed by atoms with Gasteiger partial charge in [-0.05, 0) is 43.9 Å². The molecule has 0 bridgehead atoms.